The zero-order valence-electron chi connectivity index (χ0n) is 6.83. The number of halogens is 1. The van der Waals surface area contributed by atoms with Gasteiger partial charge in [-0.05, 0) is 36.4 Å². The quantitative estimate of drug-likeness (QED) is 0.795. The van der Waals surface area contributed by atoms with E-state index >= 15 is 0 Å². The zero-order chi connectivity index (χ0) is 9.10. The van der Waals surface area contributed by atoms with Gasteiger partial charge in [-0.1, -0.05) is 23.4 Å². The van der Waals surface area contributed by atoms with E-state index in [1.807, 2.05) is 42.6 Å². The van der Waals surface area contributed by atoms with Crippen molar-refractivity contribution in [3.63, 3.8) is 0 Å². The van der Waals surface area contributed by atoms with E-state index in [2.05, 4.69) is 4.98 Å². The molecule has 2 aromatic rings. The molecule has 1 aromatic carbocycles. The molecule has 0 radical (unpaired) electrons. The molecule has 0 saturated carbocycles. The van der Waals surface area contributed by atoms with Gasteiger partial charge in [0, 0.05) is 16.1 Å². The topological polar surface area (TPSA) is 15.8 Å². The number of hydrogen-bond donors (Lipinski definition) is 1. The Kier molecular flexibility index (Phi) is 2.62. The van der Waals surface area contributed by atoms with Gasteiger partial charge >= 0.3 is 0 Å². The van der Waals surface area contributed by atoms with Crippen LogP contribution in [0.1, 0.15) is 0 Å². The summed E-state index contributed by atoms with van der Waals surface area (Å²) in [4.78, 5) is 4.32. The normalized spacial score (nSPS) is 10.2. The molecule has 2 rings (SSSR count). The molecule has 0 atom stereocenters. The van der Waals surface area contributed by atoms with Crippen LogP contribution >= 0.6 is 23.4 Å². The first kappa shape index (κ1) is 8.73. The lowest BCUT2D eigenvalue weighted by Gasteiger charge is -1.97. The molecule has 1 nitrogen and oxygen atoms in total. The number of H-pyrrole nitrogens is 1. The standard InChI is InChI=1S/C10H8ClNS/c11-8-3-5-9(6-4-8)13-10-2-1-7-12-10/h1-7,12H. The maximum absolute atomic E-state index is 5.78. The molecule has 0 amide bonds. The molecule has 1 aromatic heterocycles. The molecule has 0 saturated heterocycles. The lowest BCUT2D eigenvalue weighted by Crippen LogP contribution is -1.71. The van der Waals surface area contributed by atoms with E-state index in [0.29, 0.717) is 0 Å². The van der Waals surface area contributed by atoms with Crippen LogP contribution in [-0.2, 0) is 0 Å². The van der Waals surface area contributed by atoms with E-state index < -0.39 is 0 Å². The number of nitrogens with one attached hydrogen (secondary N) is 1. The minimum absolute atomic E-state index is 0.774. The average molecular weight is 210 g/mol. The molecule has 0 spiro atoms. The lowest BCUT2D eigenvalue weighted by molar-refractivity contribution is 1.20. The minimum atomic E-state index is 0.774. The fourth-order valence-corrected chi connectivity index (χ4v) is 1.93. The molecule has 0 aliphatic carbocycles. The molecule has 1 heterocycles. The molecule has 0 fully saturated rings. The predicted octanol–water partition coefficient (Wildman–Crippen LogP) is 3.82. The van der Waals surface area contributed by atoms with Crippen LogP contribution in [0, 0.1) is 0 Å². The first-order valence-corrected chi connectivity index (χ1v) is 5.11. The smallest absolute Gasteiger partial charge is 0.0769 e. The van der Waals surface area contributed by atoms with Crippen LogP contribution in [0.3, 0.4) is 0 Å². The van der Waals surface area contributed by atoms with Gasteiger partial charge in [0.2, 0.25) is 0 Å². The Morgan fingerprint density at radius 3 is 2.46 bits per heavy atom. The van der Waals surface area contributed by atoms with Crippen LogP contribution in [0.2, 0.25) is 5.02 Å². The summed E-state index contributed by atoms with van der Waals surface area (Å²) < 4.78 is 0. The third kappa shape index (κ3) is 2.29. The van der Waals surface area contributed by atoms with Crippen molar-refractivity contribution in [3.8, 4) is 0 Å². The second kappa shape index (κ2) is 3.90. The van der Waals surface area contributed by atoms with Gasteiger partial charge in [-0.15, -0.1) is 0 Å². The highest BCUT2D eigenvalue weighted by atomic mass is 35.5. The van der Waals surface area contributed by atoms with Crippen LogP contribution in [0.4, 0.5) is 0 Å². The molecule has 0 aliphatic rings. The van der Waals surface area contributed by atoms with Gasteiger partial charge in [0.05, 0.1) is 5.03 Å². The van der Waals surface area contributed by atoms with Crippen LogP contribution in [0.25, 0.3) is 0 Å². The number of aromatic amines is 1. The van der Waals surface area contributed by atoms with E-state index in [0.717, 1.165) is 10.0 Å². The van der Waals surface area contributed by atoms with Crippen molar-refractivity contribution in [2.75, 3.05) is 0 Å². The SMILES string of the molecule is Clc1ccc(Sc2ccc[nH]2)cc1. The van der Waals surface area contributed by atoms with Crippen LogP contribution < -0.4 is 0 Å². The molecule has 3 heteroatoms. The van der Waals surface area contributed by atoms with Gasteiger partial charge in [-0.2, -0.15) is 0 Å². The number of rotatable bonds is 2. The summed E-state index contributed by atoms with van der Waals surface area (Å²) in [5, 5.41) is 1.91. The van der Waals surface area contributed by atoms with Gasteiger partial charge in [-0.3, -0.25) is 0 Å². The summed E-state index contributed by atoms with van der Waals surface area (Å²) in [6.45, 7) is 0. The summed E-state index contributed by atoms with van der Waals surface area (Å²) in [5.41, 5.74) is 0. The molecular weight excluding hydrogens is 202 g/mol. The highest BCUT2D eigenvalue weighted by Gasteiger charge is 1.96. The Morgan fingerprint density at radius 1 is 1.08 bits per heavy atom. The average Bonchev–Trinajstić information content (AvgIpc) is 2.62. The summed E-state index contributed by atoms with van der Waals surface area (Å²) >= 11 is 7.47. The van der Waals surface area contributed by atoms with Crippen molar-refractivity contribution in [2.24, 2.45) is 0 Å². The lowest BCUT2D eigenvalue weighted by atomic mass is 10.4. The fourth-order valence-electron chi connectivity index (χ4n) is 1.01. The van der Waals surface area contributed by atoms with E-state index in [-0.39, 0.29) is 0 Å². The van der Waals surface area contributed by atoms with Crippen molar-refractivity contribution in [2.45, 2.75) is 9.92 Å². The third-order valence-corrected chi connectivity index (χ3v) is 2.84. The first-order chi connectivity index (χ1) is 6.34. The van der Waals surface area contributed by atoms with Gasteiger partial charge < -0.3 is 4.98 Å². The highest BCUT2D eigenvalue weighted by Crippen LogP contribution is 2.26. The second-order valence-electron chi connectivity index (χ2n) is 2.59. The van der Waals surface area contributed by atoms with Crippen LogP contribution in [0.5, 0.6) is 0 Å². The number of benzene rings is 1. The van der Waals surface area contributed by atoms with Crippen molar-refractivity contribution >= 4 is 23.4 Å². The Labute approximate surface area is 86.1 Å². The number of hydrogen-bond acceptors (Lipinski definition) is 1. The minimum Gasteiger partial charge on any atom is -0.356 e. The molecule has 13 heavy (non-hydrogen) atoms. The summed E-state index contributed by atoms with van der Waals surface area (Å²) in [5.74, 6) is 0. The Morgan fingerprint density at radius 2 is 1.85 bits per heavy atom. The molecular formula is C10H8ClNS. The summed E-state index contributed by atoms with van der Waals surface area (Å²) in [6.07, 6.45) is 1.91. The van der Waals surface area contributed by atoms with Crippen LogP contribution in [-0.4, -0.2) is 4.98 Å². The van der Waals surface area contributed by atoms with Gasteiger partial charge in [0.25, 0.3) is 0 Å². The van der Waals surface area contributed by atoms with Crippen molar-refractivity contribution in [1.29, 1.82) is 0 Å². The predicted molar refractivity (Wildman–Crippen MR) is 56.4 cm³/mol. The molecule has 0 bridgehead atoms. The summed E-state index contributed by atoms with van der Waals surface area (Å²) in [7, 11) is 0. The monoisotopic (exact) mass is 209 g/mol. The molecule has 1 N–H and O–H groups in total. The zero-order valence-corrected chi connectivity index (χ0v) is 8.40. The van der Waals surface area contributed by atoms with E-state index in [1.54, 1.807) is 11.8 Å². The Balaban J connectivity index is 2.15. The largest absolute Gasteiger partial charge is 0.356 e. The Bertz CT molecular complexity index is 366. The van der Waals surface area contributed by atoms with Crippen molar-refractivity contribution < 1.29 is 0 Å². The number of aromatic nitrogens is 1. The van der Waals surface area contributed by atoms with E-state index in [9.17, 15) is 0 Å². The fraction of sp³-hybridized carbons (Fsp3) is 0. The van der Waals surface area contributed by atoms with Crippen molar-refractivity contribution in [3.05, 3.63) is 47.6 Å². The van der Waals surface area contributed by atoms with Crippen molar-refractivity contribution in [1.82, 2.24) is 4.98 Å². The third-order valence-electron chi connectivity index (χ3n) is 1.61. The molecule has 0 unspecified atom stereocenters. The van der Waals surface area contributed by atoms with E-state index in [4.69, 9.17) is 11.6 Å². The molecule has 0 aliphatic heterocycles. The van der Waals surface area contributed by atoms with Gasteiger partial charge in [-0.25, -0.2) is 0 Å². The maximum Gasteiger partial charge on any atom is 0.0769 e. The Hall–Kier alpha value is -0.860. The summed E-state index contributed by atoms with van der Waals surface area (Å²) in [6, 6.07) is 11.8. The highest BCUT2D eigenvalue weighted by molar-refractivity contribution is 7.99. The second-order valence-corrected chi connectivity index (χ2v) is 4.14. The molecule has 66 valence electrons. The first-order valence-electron chi connectivity index (χ1n) is 3.91. The van der Waals surface area contributed by atoms with Gasteiger partial charge in [0.15, 0.2) is 0 Å². The van der Waals surface area contributed by atoms with E-state index in [1.165, 1.54) is 4.90 Å². The van der Waals surface area contributed by atoms with Crippen LogP contribution in [0.15, 0.2) is 52.5 Å². The van der Waals surface area contributed by atoms with Gasteiger partial charge in [0.1, 0.15) is 0 Å². The maximum atomic E-state index is 5.78.